The van der Waals surface area contributed by atoms with Crippen molar-refractivity contribution in [2.24, 2.45) is 0 Å². The van der Waals surface area contributed by atoms with E-state index in [1.54, 1.807) is 50.2 Å². The number of nitrogens with zero attached hydrogens (tertiary/aromatic N) is 4. The second kappa shape index (κ2) is 9.33. The van der Waals surface area contributed by atoms with Gasteiger partial charge in [-0.15, -0.1) is 0 Å². The van der Waals surface area contributed by atoms with Crippen molar-refractivity contribution in [3.8, 4) is 5.88 Å². The molecule has 4 aromatic rings. The Labute approximate surface area is 192 Å². The summed E-state index contributed by atoms with van der Waals surface area (Å²) < 4.78 is 31.6. The molecule has 4 heterocycles. The summed E-state index contributed by atoms with van der Waals surface area (Å²) >= 11 is 0. The van der Waals surface area contributed by atoms with Gasteiger partial charge in [0, 0.05) is 48.7 Å². The molecule has 0 aliphatic heterocycles. The first-order chi connectivity index (χ1) is 15.9. The normalized spacial score (nSPS) is 11.7. The molecule has 0 atom stereocenters. The molecule has 9 heteroatoms. The van der Waals surface area contributed by atoms with Crippen molar-refractivity contribution < 1.29 is 13.2 Å². The third kappa shape index (κ3) is 4.83. The van der Waals surface area contributed by atoms with Gasteiger partial charge in [0.05, 0.1) is 18.8 Å². The lowest BCUT2D eigenvalue weighted by Crippen LogP contribution is -2.33. The molecule has 0 aromatic carbocycles. The topological polar surface area (TPSA) is 107 Å². The first-order valence-electron chi connectivity index (χ1n) is 10.2. The second-order valence-corrected chi connectivity index (χ2v) is 9.26. The average Bonchev–Trinajstić information content (AvgIpc) is 2.83. The molecule has 8 nitrogen and oxygen atoms in total. The highest BCUT2D eigenvalue weighted by atomic mass is 32.2. The van der Waals surface area contributed by atoms with Gasteiger partial charge in [-0.3, -0.25) is 14.7 Å². The lowest BCUT2D eigenvalue weighted by Gasteiger charge is -2.35. The van der Waals surface area contributed by atoms with E-state index < -0.39 is 15.4 Å². The predicted molar refractivity (Wildman–Crippen MR) is 126 cm³/mol. The number of nitrogens with one attached hydrogen (secondary N) is 1. The molecular weight excluding hydrogens is 438 g/mol. The number of rotatable bonds is 8. The van der Waals surface area contributed by atoms with E-state index in [1.807, 2.05) is 42.5 Å². The quantitative estimate of drug-likeness (QED) is 0.429. The Hall–Kier alpha value is -3.85. The van der Waals surface area contributed by atoms with E-state index in [4.69, 9.17) is 4.74 Å². The Bertz CT molecular complexity index is 1290. The Morgan fingerprint density at radius 3 is 2.15 bits per heavy atom. The molecule has 0 saturated heterocycles. The smallest absolute Gasteiger partial charge is 0.230 e. The van der Waals surface area contributed by atoms with Gasteiger partial charge in [0.1, 0.15) is 5.82 Å². The van der Waals surface area contributed by atoms with Crippen LogP contribution in [-0.2, 0) is 21.9 Å². The summed E-state index contributed by atoms with van der Waals surface area (Å²) in [5.41, 5.74) is 2.47. The van der Waals surface area contributed by atoms with Crippen LogP contribution in [0.3, 0.4) is 0 Å². The zero-order valence-electron chi connectivity index (χ0n) is 18.2. The van der Waals surface area contributed by atoms with Gasteiger partial charge in [-0.25, -0.2) is 18.4 Å². The molecule has 0 amide bonds. The third-order valence-corrected chi connectivity index (χ3v) is 5.86. The van der Waals surface area contributed by atoms with Crippen molar-refractivity contribution in [2.75, 3.05) is 18.1 Å². The average molecular weight is 462 g/mol. The molecule has 0 fully saturated rings. The number of hydrogen-bond acceptors (Lipinski definition) is 7. The number of anilines is 1. The molecule has 0 spiro atoms. The van der Waals surface area contributed by atoms with Crippen LogP contribution in [0, 0.1) is 0 Å². The fourth-order valence-corrected chi connectivity index (χ4v) is 4.48. The van der Waals surface area contributed by atoms with Crippen LogP contribution in [-0.4, -0.2) is 41.7 Å². The van der Waals surface area contributed by atoms with Crippen LogP contribution in [0.4, 0.5) is 5.82 Å². The van der Waals surface area contributed by atoms with Gasteiger partial charge in [0.2, 0.25) is 15.9 Å². The van der Waals surface area contributed by atoms with E-state index in [0.29, 0.717) is 18.0 Å². The first kappa shape index (κ1) is 22.3. The predicted octanol–water partition coefficient (Wildman–Crippen LogP) is 3.22. The van der Waals surface area contributed by atoms with Crippen molar-refractivity contribution in [3.63, 3.8) is 0 Å². The highest BCUT2D eigenvalue weighted by Crippen LogP contribution is 2.44. The van der Waals surface area contributed by atoms with Crippen molar-refractivity contribution in [1.29, 1.82) is 0 Å². The fraction of sp³-hybridized carbons (Fsp3) is 0.167. The van der Waals surface area contributed by atoms with Crippen molar-refractivity contribution in [3.05, 3.63) is 108 Å². The van der Waals surface area contributed by atoms with E-state index in [-0.39, 0.29) is 5.82 Å². The molecule has 0 bridgehead atoms. The molecule has 0 aliphatic carbocycles. The van der Waals surface area contributed by atoms with Gasteiger partial charge in [0.15, 0.2) is 0 Å². The van der Waals surface area contributed by atoms with Crippen LogP contribution in [0.15, 0.2) is 85.6 Å². The number of hydrogen-bond donors (Lipinski definition) is 1. The summed E-state index contributed by atoms with van der Waals surface area (Å²) in [5.74, 6) is 0.718. The lowest BCUT2D eigenvalue weighted by molar-refractivity contribution is 0.383. The number of sulfonamides is 1. The lowest BCUT2D eigenvalue weighted by atomic mass is 9.67. The maximum Gasteiger partial charge on any atom is 0.230 e. The minimum absolute atomic E-state index is 0.249. The number of methoxy groups -OCH3 is 1. The summed E-state index contributed by atoms with van der Waals surface area (Å²) in [7, 11) is -1.89. The highest BCUT2D eigenvalue weighted by Gasteiger charge is 2.40. The van der Waals surface area contributed by atoms with Gasteiger partial charge in [-0.05, 0) is 41.5 Å². The van der Waals surface area contributed by atoms with Crippen LogP contribution in [0.25, 0.3) is 0 Å². The van der Waals surface area contributed by atoms with Crippen LogP contribution < -0.4 is 9.46 Å². The molecule has 0 radical (unpaired) electrons. The zero-order chi connectivity index (χ0) is 23.3. The summed E-state index contributed by atoms with van der Waals surface area (Å²) in [5, 5.41) is 0. The van der Waals surface area contributed by atoms with Gasteiger partial charge in [-0.1, -0.05) is 24.3 Å². The molecule has 1 N–H and O–H groups in total. The molecule has 0 saturated carbocycles. The number of pyridine rings is 4. The Kier molecular flexibility index (Phi) is 6.32. The molecule has 168 valence electrons. The second-order valence-electron chi connectivity index (χ2n) is 7.51. The largest absolute Gasteiger partial charge is 0.481 e. The Morgan fingerprint density at radius 1 is 0.909 bits per heavy atom. The molecule has 0 aliphatic rings. The van der Waals surface area contributed by atoms with Gasteiger partial charge < -0.3 is 4.74 Å². The molecular formula is C24H23N5O3S. The minimum Gasteiger partial charge on any atom is -0.481 e. The van der Waals surface area contributed by atoms with E-state index in [2.05, 4.69) is 24.7 Å². The maximum absolute atomic E-state index is 11.8. The van der Waals surface area contributed by atoms with E-state index in [1.165, 1.54) is 0 Å². The van der Waals surface area contributed by atoms with Crippen molar-refractivity contribution >= 4 is 15.8 Å². The first-order valence-corrected chi connectivity index (χ1v) is 12.1. The number of aromatic nitrogens is 4. The Balaban J connectivity index is 1.98. The standard InChI is InChI=1S/C24H23N5O3S/c1-32-23-21(10-6-14-27-23)24(18-7-4-12-25-16-18,19-8-5-13-26-17-19)15-20-9-3-11-22(28-20)29-33(2,30)31/h3-14,16-17H,15H2,1-2H3,(H,28,29). The van der Waals surface area contributed by atoms with Gasteiger partial charge in [-0.2, -0.15) is 0 Å². The summed E-state index contributed by atoms with van der Waals surface area (Å²) in [6.45, 7) is 0. The fourth-order valence-electron chi connectivity index (χ4n) is 3.98. The summed E-state index contributed by atoms with van der Waals surface area (Å²) in [6, 6.07) is 16.8. The summed E-state index contributed by atoms with van der Waals surface area (Å²) in [6.07, 6.45) is 10.2. The monoisotopic (exact) mass is 461 g/mol. The van der Waals surface area contributed by atoms with Crippen LogP contribution in [0.2, 0.25) is 0 Å². The van der Waals surface area contributed by atoms with Gasteiger partial charge >= 0.3 is 0 Å². The SMILES string of the molecule is COc1ncccc1C(Cc1cccc(NS(C)(=O)=O)n1)(c1cccnc1)c1cccnc1. The van der Waals surface area contributed by atoms with Crippen LogP contribution in [0.1, 0.15) is 22.4 Å². The van der Waals surface area contributed by atoms with Crippen molar-refractivity contribution in [1.82, 2.24) is 19.9 Å². The molecule has 4 aromatic heterocycles. The van der Waals surface area contributed by atoms with E-state index >= 15 is 0 Å². The number of ether oxygens (including phenoxy) is 1. The van der Waals surface area contributed by atoms with Crippen LogP contribution in [0.5, 0.6) is 5.88 Å². The maximum atomic E-state index is 11.8. The van der Waals surface area contributed by atoms with Crippen LogP contribution >= 0.6 is 0 Å². The third-order valence-electron chi connectivity index (χ3n) is 5.28. The highest BCUT2D eigenvalue weighted by molar-refractivity contribution is 7.92. The van der Waals surface area contributed by atoms with Crippen molar-refractivity contribution in [2.45, 2.75) is 11.8 Å². The minimum atomic E-state index is -3.47. The van der Waals surface area contributed by atoms with E-state index in [0.717, 1.165) is 22.9 Å². The van der Waals surface area contributed by atoms with Gasteiger partial charge in [0.25, 0.3) is 0 Å². The molecule has 0 unspecified atom stereocenters. The molecule has 33 heavy (non-hydrogen) atoms. The van der Waals surface area contributed by atoms with E-state index in [9.17, 15) is 8.42 Å². The Morgan fingerprint density at radius 2 is 1.58 bits per heavy atom. The molecule has 4 rings (SSSR count). The summed E-state index contributed by atoms with van der Waals surface area (Å²) in [4.78, 5) is 17.8. The zero-order valence-corrected chi connectivity index (χ0v) is 19.0.